The van der Waals surface area contributed by atoms with Gasteiger partial charge < -0.3 is 64.5 Å². The molecular weight excluding hydrogens is 388 g/mol. The van der Waals surface area contributed by atoms with E-state index in [4.69, 9.17) is 23.7 Å². The molecule has 12 atom stereocenters. The van der Waals surface area contributed by atoms with Crippen molar-refractivity contribution in [3.63, 3.8) is 0 Å². The molecule has 0 saturated carbocycles. The van der Waals surface area contributed by atoms with E-state index in [2.05, 4.69) is 0 Å². The zero-order valence-corrected chi connectivity index (χ0v) is 14.7. The van der Waals surface area contributed by atoms with Gasteiger partial charge in [-0.3, -0.25) is 0 Å². The molecule has 28 heavy (non-hydrogen) atoms. The van der Waals surface area contributed by atoms with Crippen LogP contribution in [0, 0.1) is 0 Å². The summed E-state index contributed by atoms with van der Waals surface area (Å²) in [7, 11) is 0. The van der Waals surface area contributed by atoms with Gasteiger partial charge in [0.15, 0.2) is 18.9 Å². The van der Waals surface area contributed by atoms with E-state index in [1.54, 1.807) is 0 Å². The molecule has 0 radical (unpaired) electrons. The van der Waals surface area contributed by atoms with Crippen LogP contribution in [0.15, 0.2) is 0 Å². The monoisotopic (exact) mass is 414 g/mol. The lowest BCUT2D eigenvalue weighted by Crippen LogP contribution is -2.61. The molecule has 0 bridgehead atoms. The zero-order valence-electron chi connectivity index (χ0n) is 14.7. The van der Waals surface area contributed by atoms with Gasteiger partial charge in [0, 0.05) is 0 Å². The van der Waals surface area contributed by atoms with Crippen LogP contribution in [0.25, 0.3) is 0 Å². The highest BCUT2D eigenvalue weighted by Gasteiger charge is 2.47. The van der Waals surface area contributed by atoms with Crippen molar-refractivity contribution in [3.8, 4) is 0 Å². The van der Waals surface area contributed by atoms with Crippen molar-refractivity contribution in [2.24, 2.45) is 0 Å². The molecule has 13 heteroatoms. The minimum absolute atomic E-state index is 0.287. The summed E-state index contributed by atoms with van der Waals surface area (Å²) in [6.07, 6.45) is -17.3. The van der Waals surface area contributed by atoms with Crippen LogP contribution in [0.4, 0.5) is 0 Å². The van der Waals surface area contributed by atoms with Gasteiger partial charge in [-0.2, -0.15) is 0 Å². The first-order valence-corrected chi connectivity index (χ1v) is 8.81. The third-order valence-corrected chi connectivity index (χ3v) is 4.96. The van der Waals surface area contributed by atoms with Crippen LogP contribution in [0.3, 0.4) is 0 Å². The summed E-state index contributed by atoms with van der Waals surface area (Å²) in [5, 5.41) is 78.3. The van der Waals surface area contributed by atoms with Crippen molar-refractivity contribution < 1.29 is 64.5 Å². The molecule has 0 amide bonds. The molecule has 0 spiro atoms. The highest BCUT2D eigenvalue weighted by Crippen LogP contribution is 2.26. The summed E-state index contributed by atoms with van der Waals surface area (Å²) >= 11 is 0. The minimum Gasteiger partial charge on any atom is -0.388 e. The summed E-state index contributed by atoms with van der Waals surface area (Å²) in [4.78, 5) is 0. The van der Waals surface area contributed by atoms with Gasteiger partial charge in [0.1, 0.15) is 54.9 Å². The van der Waals surface area contributed by atoms with Gasteiger partial charge in [0.05, 0.1) is 19.8 Å². The Morgan fingerprint density at radius 1 is 0.500 bits per heavy atom. The van der Waals surface area contributed by atoms with Crippen molar-refractivity contribution in [1.82, 2.24) is 0 Å². The first kappa shape index (κ1) is 22.2. The van der Waals surface area contributed by atoms with Gasteiger partial charge in [-0.25, -0.2) is 0 Å². The average Bonchev–Trinajstić information content (AvgIpc) is 2.68. The Labute approximate surface area is 159 Å². The van der Waals surface area contributed by atoms with Crippen LogP contribution in [0.2, 0.25) is 0 Å². The minimum atomic E-state index is -1.63. The number of ether oxygens (including phenoxy) is 5. The van der Waals surface area contributed by atoms with Crippen molar-refractivity contribution in [1.29, 1.82) is 0 Å². The molecule has 0 aromatic carbocycles. The van der Waals surface area contributed by atoms with E-state index >= 15 is 0 Å². The predicted octanol–water partition coefficient (Wildman–Crippen LogP) is -5.66. The fourth-order valence-corrected chi connectivity index (χ4v) is 3.15. The normalized spacial score (nSPS) is 53.1. The molecule has 0 aliphatic carbocycles. The Hall–Kier alpha value is -0.520. The lowest BCUT2D eigenvalue weighted by atomic mass is 10.0. The highest BCUT2D eigenvalue weighted by molar-refractivity contribution is 4.89. The molecule has 3 aliphatic heterocycles. The predicted molar refractivity (Wildman–Crippen MR) is 83.2 cm³/mol. The molecule has 13 nitrogen and oxygen atoms in total. The quantitative estimate of drug-likeness (QED) is 0.216. The lowest BCUT2D eigenvalue weighted by Gasteiger charge is -2.43. The second-order valence-corrected chi connectivity index (χ2v) is 6.99. The van der Waals surface area contributed by atoms with E-state index in [1.165, 1.54) is 0 Å². The summed E-state index contributed by atoms with van der Waals surface area (Å²) in [6.45, 7) is -0.887. The van der Waals surface area contributed by atoms with E-state index in [0.717, 1.165) is 0 Å². The van der Waals surface area contributed by atoms with Crippen molar-refractivity contribution in [3.05, 3.63) is 0 Å². The second-order valence-electron chi connectivity index (χ2n) is 6.99. The molecule has 164 valence electrons. The third kappa shape index (κ3) is 4.46. The Balaban J connectivity index is 1.54. The SMILES string of the molecule is O[C@@H]1[C@@H](O)[C@H](O[C@@H]2CO[C@H](O[C@H]3CO[C@H](O)[C@H](O)[C@H]3O)[C@H](O)[C@H]2O)OC[C@H]1O. The van der Waals surface area contributed by atoms with E-state index in [9.17, 15) is 40.9 Å². The molecule has 3 saturated heterocycles. The highest BCUT2D eigenvalue weighted by atomic mass is 16.7. The molecular formula is C15H26O13. The zero-order chi connectivity index (χ0) is 20.6. The van der Waals surface area contributed by atoms with Crippen molar-refractivity contribution in [2.45, 2.75) is 73.8 Å². The van der Waals surface area contributed by atoms with Gasteiger partial charge in [-0.05, 0) is 0 Å². The Morgan fingerprint density at radius 3 is 1.57 bits per heavy atom. The summed E-state index contributed by atoms with van der Waals surface area (Å²) < 4.78 is 25.9. The number of rotatable bonds is 4. The molecule has 0 aromatic heterocycles. The van der Waals surface area contributed by atoms with E-state index in [1.807, 2.05) is 0 Å². The molecule has 3 rings (SSSR count). The summed E-state index contributed by atoms with van der Waals surface area (Å²) in [5.41, 5.74) is 0. The fourth-order valence-electron chi connectivity index (χ4n) is 3.15. The van der Waals surface area contributed by atoms with Crippen LogP contribution in [-0.4, -0.2) is 134 Å². The van der Waals surface area contributed by atoms with Gasteiger partial charge in [-0.15, -0.1) is 0 Å². The maximum absolute atomic E-state index is 10.3. The van der Waals surface area contributed by atoms with Gasteiger partial charge in [0.25, 0.3) is 0 Å². The fraction of sp³-hybridized carbons (Fsp3) is 1.00. The average molecular weight is 414 g/mol. The Bertz CT molecular complexity index is 464. The van der Waals surface area contributed by atoms with Gasteiger partial charge in [0.2, 0.25) is 0 Å². The molecule has 0 unspecified atom stereocenters. The van der Waals surface area contributed by atoms with Gasteiger partial charge >= 0.3 is 0 Å². The number of hydrogen-bond acceptors (Lipinski definition) is 13. The number of aliphatic hydroxyl groups is 8. The van der Waals surface area contributed by atoms with Crippen LogP contribution in [-0.2, 0) is 23.7 Å². The van der Waals surface area contributed by atoms with Crippen LogP contribution in [0.1, 0.15) is 0 Å². The maximum Gasteiger partial charge on any atom is 0.186 e. The first-order valence-electron chi connectivity index (χ1n) is 8.81. The molecule has 3 fully saturated rings. The standard InChI is InChI=1S/C15H26O13/c16-4-1-25-14(11(21)7(4)17)28-6-3-26-15(12(22)9(6)19)27-5-2-24-13(23)10(20)8(5)18/h4-23H,1-3H2/t4-,5+,6-,7+,8+,9+,10-,11-,12-,13+,14+,15-/m1/s1. The van der Waals surface area contributed by atoms with Crippen molar-refractivity contribution >= 4 is 0 Å². The Kier molecular flexibility index (Phi) is 7.20. The Morgan fingerprint density at radius 2 is 0.964 bits per heavy atom. The van der Waals surface area contributed by atoms with Crippen molar-refractivity contribution in [2.75, 3.05) is 19.8 Å². The number of aliphatic hydroxyl groups excluding tert-OH is 8. The molecule has 3 heterocycles. The van der Waals surface area contributed by atoms with Crippen LogP contribution < -0.4 is 0 Å². The van der Waals surface area contributed by atoms with E-state index in [-0.39, 0.29) is 19.8 Å². The topological polar surface area (TPSA) is 208 Å². The van der Waals surface area contributed by atoms with Crippen LogP contribution in [0.5, 0.6) is 0 Å². The largest absolute Gasteiger partial charge is 0.388 e. The maximum atomic E-state index is 10.3. The third-order valence-electron chi connectivity index (χ3n) is 4.96. The smallest absolute Gasteiger partial charge is 0.186 e. The van der Waals surface area contributed by atoms with E-state index in [0.29, 0.717) is 0 Å². The molecule has 0 aromatic rings. The van der Waals surface area contributed by atoms with E-state index < -0.39 is 73.8 Å². The second kappa shape index (κ2) is 9.09. The molecule has 8 N–H and O–H groups in total. The first-order chi connectivity index (χ1) is 13.2. The summed E-state index contributed by atoms with van der Waals surface area (Å²) in [5.74, 6) is 0. The van der Waals surface area contributed by atoms with Gasteiger partial charge in [-0.1, -0.05) is 0 Å². The molecule has 3 aliphatic rings. The van der Waals surface area contributed by atoms with Crippen LogP contribution >= 0.6 is 0 Å². The lowest BCUT2D eigenvalue weighted by molar-refractivity contribution is -0.346. The summed E-state index contributed by atoms with van der Waals surface area (Å²) in [6, 6.07) is 0. The number of hydrogen-bond donors (Lipinski definition) is 8.